The van der Waals surface area contributed by atoms with Gasteiger partial charge in [0.05, 0.1) is 0 Å². The number of barbiturate groups is 1. The highest BCUT2D eigenvalue weighted by Gasteiger charge is 2.27. The molecule has 0 bridgehead atoms. The van der Waals surface area contributed by atoms with E-state index in [1.54, 1.807) is 36.4 Å². The third-order valence-corrected chi connectivity index (χ3v) is 3.45. The van der Waals surface area contributed by atoms with Gasteiger partial charge in [-0.25, -0.2) is 9.18 Å². The second kappa shape index (κ2) is 6.96. The van der Waals surface area contributed by atoms with Crippen molar-refractivity contribution in [3.63, 3.8) is 0 Å². The van der Waals surface area contributed by atoms with Crippen LogP contribution >= 0.6 is 0 Å². The minimum Gasteiger partial charge on any atom is -0.489 e. The molecule has 0 unspecified atom stereocenters. The van der Waals surface area contributed by atoms with E-state index in [1.807, 2.05) is 10.6 Å². The molecule has 2 aromatic carbocycles. The molecule has 7 heteroatoms. The van der Waals surface area contributed by atoms with Crippen LogP contribution in [0.3, 0.4) is 0 Å². The van der Waals surface area contributed by atoms with E-state index in [1.165, 1.54) is 18.2 Å². The van der Waals surface area contributed by atoms with E-state index in [0.717, 1.165) is 5.56 Å². The van der Waals surface area contributed by atoms with Gasteiger partial charge in [-0.2, -0.15) is 0 Å². The predicted molar refractivity (Wildman–Crippen MR) is 86.8 cm³/mol. The van der Waals surface area contributed by atoms with Crippen molar-refractivity contribution in [2.24, 2.45) is 0 Å². The normalized spacial score (nSPS) is 14.0. The number of halogens is 1. The first-order valence-corrected chi connectivity index (χ1v) is 7.37. The molecule has 2 aromatic rings. The average molecular weight is 340 g/mol. The molecule has 0 atom stereocenters. The monoisotopic (exact) mass is 340 g/mol. The molecule has 0 radical (unpaired) electrons. The Kier molecular flexibility index (Phi) is 4.56. The Morgan fingerprint density at radius 1 is 0.880 bits per heavy atom. The summed E-state index contributed by atoms with van der Waals surface area (Å²) in [6.45, 7) is 0.285. The second-order valence-corrected chi connectivity index (χ2v) is 5.28. The first-order valence-electron chi connectivity index (χ1n) is 7.37. The fourth-order valence-electron chi connectivity index (χ4n) is 2.18. The fraction of sp³-hybridized carbons (Fsp3) is 0.0556. The van der Waals surface area contributed by atoms with Gasteiger partial charge in [-0.3, -0.25) is 20.2 Å². The van der Waals surface area contributed by atoms with Gasteiger partial charge in [0.15, 0.2) is 0 Å². The van der Waals surface area contributed by atoms with Crippen molar-refractivity contribution < 1.29 is 23.5 Å². The maximum atomic E-state index is 12.8. The minimum absolute atomic E-state index is 0.153. The van der Waals surface area contributed by atoms with Crippen LogP contribution in [-0.4, -0.2) is 17.8 Å². The molecule has 6 nitrogen and oxygen atoms in total. The Labute approximate surface area is 142 Å². The molecular formula is C18H13FN2O4. The standard InChI is InChI=1S/C18H13FN2O4/c19-13-5-1-12(2-6-13)10-25-14-7-3-11(4-8-14)9-15-16(22)20-18(24)21-17(15)23/h1-9H,10H2,(H2,20,21,22,23,24). The van der Waals surface area contributed by atoms with Gasteiger partial charge in [0, 0.05) is 0 Å². The lowest BCUT2D eigenvalue weighted by Crippen LogP contribution is -2.51. The third-order valence-electron chi connectivity index (χ3n) is 3.45. The van der Waals surface area contributed by atoms with Crippen LogP contribution in [-0.2, 0) is 16.2 Å². The molecule has 1 aliphatic heterocycles. The summed E-state index contributed by atoms with van der Waals surface area (Å²) in [5, 5.41) is 4.01. The zero-order chi connectivity index (χ0) is 17.8. The summed E-state index contributed by atoms with van der Waals surface area (Å²) in [4.78, 5) is 34.3. The van der Waals surface area contributed by atoms with Crippen molar-refractivity contribution in [1.82, 2.24) is 10.6 Å². The van der Waals surface area contributed by atoms with Crippen LogP contribution in [0.25, 0.3) is 6.08 Å². The van der Waals surface area contributed by atoms with Crippen molar-refractivity contribution in [3.05, 3.63) is 71.0 Å². The fourth-order valence-corrected chi connectivity index (χ4v) is 2.18. The van der Waals surface area contributed by atoms with Crippen molar-refractivity contribution in [1.29, 1.82) is 0 Å². The summed E-state index contributed by atoms with van der Waals surface area (Å²) in [7, 11) is 0. The summed E-state index contributed by atoms with van der Waals surface area (Å²) < 4.78 is 18.4. The predicted octanol–water partition coefficient (Wildman–Crippen LogP) is 2.15. The molecule has 1 heterocycles. The number of amides is 4. The molecule has 126 valence electrons. The maximum absolute atomic E-state index is 12.8. The number of hydrogen-bond acceptors (Lipinski definition) is 4. The van der Waals surface area contributed by atoms with E-state index >= 15 is 0 Å². The lowest BCUT2D eigenvalue weighted by molar-refractivity contribution is -0.123. The Bertz CT molecular complexity index is 836. The molecule has 25 heavy (non-hydrogen) atoms. The number of carbonyl (C=O) groups excluding carboxylic acids is 3. The van der Waals surface area contributed by atoms with E-state index in [0.29, 0.717) is 11.3 Å². The molecule has 2 N–H and O–H groups in total. The number of rotatable bonds is 4. The number of carbonyl (C=O) groups is 3. The van der Waals surface area contributed by atoms with E-state index in [-0.39, 0.29) is 18.0 Å². The first-order chi connectivity index (χ1) is 12.0. The topological polar surface area (TPSA) is 84.5 Å². The Morgan fingerprint density at radius 2 is 1.48 bits per heavy atom. The average Bonchev–Trinajstić information content (AvgIpc) is 2.59. The highest BCUT2D eigenvalue weighted by Crippen LogP contribution is 2.17. The molecule has 0 saturated carbocycles. The molecule has 3 rings (SSSR count). The van der Waals surface area contributed by atoms with Gasteiger partial charge >= 0.3 is 6.03 Å². The van der Waals surface area contributed by atoms with Crippen LogP contribution < -0.4 is 15.4 Å². The largest absolute Gasteiger partial charge is 0.489 e. The Morgan fingerprint density at radius 3 is 2.08 bits per heavy atom. The van der Waals surface area contributed by atoms with Gasteiger partial charge in [0.1, 0.15) is 23.7 Å². The second-order valence-electron chi connectivity index (χ2n) is 5.28. The van der Waals surface area contributed by atoms with Crippen molar-refractivity contribution in [2.75, 3.05) is 0 Å². The van der Waals surface area contributed by atoms with Gasteiger partial charge in [-0.1, -0.05) is 24.3 Å². The first kappa shape index (κ1) is 16.4. The smallest absolute Gasteiger partial charge is 0.328 e. The molecule has 1 saturated heterocycles. The SMILES string of the molecule is O=C1NC(=O)C(=Cc2ccc(OCc3ccc(F)cc3)cc2)C(=O)N1. The van der Waals surface area contributed by atoms with Crippen molar-refractivity contribution >= 4 is 23.9 Å². The van der Waals surface area contributed by atoms with Gasteiger partial charge in [0.25, 0.3) is 11.8 Å². The van der Waals surface area contributed by atoms with Crippen molar-refractivity contribution in [2.45, 2.75) is 6.61 Å². The molecule has 1 fully saturated rings. The zero-order valence-electron chi connectivity index (χ0n) is 12.9. The molecule has 1 aliphatic rings. The Hall–Kier alpha value is -3.48. The minimum atomic E-state index is -0.836. The van der Waals surface area contributed by atoms with Crippen molar-refractivity contribution in [3.8, 4) is 5.75 Å². The van der Waals surface area contributed by atoms with E-state index in [4.69, 9.17) is 4.74 Å². The molecule has 4 amide bonds. The number of urea groups is 1. The van der Waals surface area contributed by atoms with Crippen LogP contribution in [0.4, 0.5) is 9.18 Å². The van der Waals surface area contributed by atoms with Crippen LogP contribution in [0.2, 0.25) is 0 Å². The molecule has 0 spiro atoms. The lowest BCUT2D eigenvalue weighted by atomic mass is 10.1. The number of nitrogens with one attached hydrogen (secondary N) is 2. The van der Waals surface area contributed by atoms with Gasteiger partial charge in [-0.15, -0.1) is 0 Å². The molecule has 0 aromatic heterocycles. The van der Waals surface area contributed by atoms with Crippen LogP contribution in [0.1, 0.15) is 11.1 Å². The Balaban J connectivity index is 1.66. The summed E-state index contributed by atoms with van der Waals surface area (Å²) in [6, 6.07) is 11.9. The third kappa shape index (κ3) is 4.08. The van der Waals surface area contributed by atoms with E-state index < -0.39 is 17.8 Å². The van der Waals surface area contributed by atoms with E-state index in [2.05, 4.69) is 0 Å². The number of benzene rings is 2. The van der Waals surface area contributed by atoms with Gasteiger partial charge in [0.2, 0.25) is 0 Å². The van der Waals surface area contributed by atoms with E-state index in [9.17, 15) is 18.8 Å². The van der Waals surface area contributed by atoms with Crippen LogP contribution in [0.5, 0.6) is 5.75 Å². The maximum Gasteiger partial charge on any atom is 0.328 e. The summed E-state index contributed by atoms with van der Waals surface area (Å²) >= 11 is 0. The molecule has 0 aliphatic carbocycles. The zero-order valence-corrected chi connectivity index (χ0v) is 12.9. The number of hydrogen-bond donors (Lipinski definition) is 2. The number of ether oxygens (including phenoxy) is 1. The van der Waals surface area contributed by atoms with Crippen LogP contribution in [0, 0.1) is 5.82 Å². The van der Waals surface area contributed by atoms with Gasteiger partial charge in [-0.05, 0) is 41.5 Å². The highest BCUT2D eigenvalue weighted by atomic mass is 19.1. The summed E-state index contributed by atoms with van der Waals surface area (Å²) in [5.41, 5.74) is 1.27. The van der Waals surface area contributed by atoms with Crippen LogP contribution in [0.15, 0.2) is 54.1 Å². The summed E-state index contributed by atoms with van der Waals surface area (Å²) in [6.07, 6.45) is 1.38. The highest BCUT2D eigenvalue weighted by molar-refractivity contribution is 6.31. The number of imide groups is 2. The van der Waals surface area contributed by atoms with Gasteiger partial charge < -0.3 is 4.74 Å². The lowest BCUT2D eigenvalue weighted by Gasteiger charge is -2.14. The quantitative estimate of drug-likeness (QED) is 0.660. The summed E-state index contributed by atoms with van der Waals surface area (Å²) in [5.74, 6) is -1.21. The molecular weight excluding hydrogens is 327 g/mol.